The van der Waals surface area contributed by atoms with Crippen molar-refractivity contribution in [3.05, 3.63) is 76.5 Å². The summed E-state index contributed by atoms with van der Waals surface area (Å²) in [5.74, 6) is -0.765. The molecule has 0 aliphatic carbocycles. The Labute approximate surface area is 171 Å². The molecule has 2 aromatic rings. The number of carbonyl (C=O) groups excluding carboxylic acids is 2. The van der Waals surface area contributed by atoms with Gasteiger partial charge in [0.05, 0.1) is 30.9 Å². The molecule has 0 radical (unpaired) electrons. The van der Waals surface area contributed by atoms with Crippen LogP contribution in [0.3, 0.4) is 0 Å². The molecule has 0 saturated heterocycles. The minimum Gasteiger partial charge on any atom is -0.497 e. The predicted octanol–water partition coefficient (Wildman–Crippen LogP) is 4.59. The van der Waals surface area contributed by atoms with E-state index < -0.39 is 23.6 Å². The number of nitrogens with zero attached hydrogens (tertiary/aromatic N) is 1. The van der Waals surface area contributed by atoms with Crippen molar-refractivity contribution in [2.24, 2.45) is 0 Å². The average molecular weight is 417 g/mol. The number of amides is 1. The van der Waals surface area contributed by atoms with Gasteiger partial charge in [-0.05, 0) is 48.9 Å². The maximum atomic E-state index is 13.1. The molecule has 156 valence electrons. The molecule has 1 aliphatic rings. The highest BCUT2D eigenvalue weighted by atomic mass is 19.4. The lowest BCUT2D eigenvalue weighted by Gasteiger charge is -2.19. The number of carbonyl (C=O) groups is 2. The molecular weight excluding hydrogens is 399 g/mol. The first-order valence-electron chi connectivity index (χ1n) is 8.84. The summed E-state index contributed by atoms with van der Waals surface area (Å²) in [6.45, 7) is 1.49. The molecule has 0 N–H and O–H groups in total. The summed E-state index contributed by atoms with van der Waals surface area (Å²) in [5.41, 5.74) is -0.0671. The number of methoxy groups -OCH3 is 2. The topological polar surface area (TPSA) is 55.8 Å². The molecule has 0 saturated carbocycles. The molecule has 0 aromatic heterocycles. The van der Waals surface area contributed by atoms with Crippen LogP contribution < -0.4 is 9.64 Å². The van der Waals surface area contributed by atoms with Crippen LogP contribution >= 0.6 is 0 Å². The lowest BCUT2D eigenvalue weighted by Crippen LogP contribution is -2.24. The Bertz CT molecular complexity index is 1050. The van der Waals surface area contributed by atoms with Crippen molar-refractivity contribution < 1.29 is 32.2 Å². The van der Waals surface area contributed by atoms with E-state index in [9.17, 15) is 22.8 Å². The molecule has 8 heteroatoms. The molecule has 1 amide bonds. The van der Waals surface area contributed by atoms with Crippen molar-refractivity contribution >= 4 is 23.6 Å². The number of alkyl halides is 3. The number of anilines is 1. The Morgan fingerprint density at radius 3 is 2.30 bits per heavy atom. The van der Waals surface area contributed by atoms with Crippen molar-refractivity contribution in [2.45, 2.75) is 13.1 Å². The lowest BCUT2D eigenvalue weighted by atomic mass is 10.0. The van der Waals surface area contributed by atoms with E-state index in [1.54, 1.807) is 24.3 Å². The molecule has 0 atom stereocenters. The highest BCUT2D eigenvalue weighted by Crippen LogP contribution is 2.38. The van der Waals surface area contributed by atoms with Gasteiger partial charge >= 0.3 is 12.1 Å². The summed E-state index contributed by atoms with van der Waals surface area (Å²) in [4.78, 5) is 26.6. The van der Waals surface area contributed by atoms with Crippen molar-refractivity contribution in [1.82, 2.24) is 0 Å². The zero-order valence-corrected chi connectivity index (χ0v) is 16.4. The van der Waals surface area contributed by atoms with Crippen LogP contribution in [0.2, 0.25) is 0 Å². The highest BCUT2D eigenvalue weighted by Gasteiger charge is 2.39. The van der Waals surface area contributed by atoms with E-state index in [1.807, 2.05) is 0 Å². The van der Waals surface area contributed by atoms with Gasteiger partial charge in [0.25, 0.3) is 5.91 Å². The van der Waals surface area contributed by atoms with Crippen molar-refractivity contribution in [2.75, 3.05) is 19.1 Å². The van der Waals surface area contributed by atoms with Gasteiger partial charge < -0.3 is 9.47 Å². The summed E-state index contributed by atoms with van der Waals surface area (Å²) < 4.78 is 49.3. The Morgan fingerprint density at radius 1 is 1.07 bits per heavy atom. The van der Waals surface area contributed by atoms with Gasteiger partial charge in [-0.15, -0.1) is 0 Å². The van der Waals surface area contributed by atoms with Crippen molar-refractivity contribution in [3.63, 3.8) is 0 Å². The van der Waals surface area contributed by atoms with Crippen LogP contribution in [-0.2, 0) is 20.5 Å². The Kier molecular flexibility index (Phi) is 5.69. The fourth-order valence-electron chi connectivity index (χ4n) is 3.18. The molecular formula is C22H18F3NO4. The first-order valence-corrected chi connectivity index (χ1v) is 8.84. The Morgan fingerprint density at radius 2 is 1.73 bits per heavy atom. The smallest absolute Gasteiger partial charge is 0.416 e. The second kappa shape index (κ2) is 8.06. The number of halogens is 3. The number of allylic oxidation sites excluding steroid dienone is 1. The first kappa shape index (κ1) is 21.2. The van der Waals surface area contributed by atoms with Crippen molar-refractivity contribution in [3.8, 4) is 5.75 Å². The first-order chi connectivity index (χ1) is 14.2. The minimum absolute atomic E-state index is 0.00395. The van der Waals surface area contributed by atoms with Gasteiger partial charge in [-0.3, -0.25) is 9.69 Å². The van der Waals surface area contributed by atoms with E-state index in [4.69, 9.17) is 9.47 Å². The average Bonchev–Trinajstić information content (AvgIpc) is 2.97. The maximum Gasteiger partial charge on any atom is 0.416 e. The molecule has 1 heterocycles. The van der Waals surface area contributed by atoms with Gasteiger partial charge in [0.15, 0.2) is 0 Å². The van der Waals surface area contributed by atoms with Gasteiger partial charge in [-0.25, -0.2) is 4.79 Å². The van der Waals surface area contributed by atoms with E-state index in [1.165, 1.54) is 39.4 Å². The summed E-state index contributed by atoms with van der Waals surface area (Å²) in [6, 6.07) is 11.1. The Hall–Kier alpha value is -3.55. The fourth-order valence-corrected chi connectivity index (χ4v) is 3.18. The molecule has 3 rings (SSSR count). The summed E-state index contributed by atoms with van der Waals surface area (Å²) in [7, 11) is 2.69. The van der Waals surface area contributed by atoms with Gasteiger partial charge in [-0.1, -0.05) is 18.2 Å². The van der Waals surface area contributed by atoms with Gasteiger partial charge in [0.1, 0.15) is 5.75 Å². The van der Waals surface area contributed by atoms with Crippen LogP contribution in [-0.4, -0.2) is 26.1 Å². The third kappa shape index (κ3) is 3.94. The van der Waals surface area contributed by atoms with Gasteiger partial charge in [0, 0.05) is 11.4 Å². The maximum absolute atomic E-state index is 13.1. The number of hydrogen-bond donors (Lipinski definition) is 0. The van der Waals surface area contributed by atoms with Crippen LogP contribution in [0.4, 0.5) is 18.9 Å². The lowest BCUT2D eigenvalue weighted by molar-refractivity contribution is -0.137. The summed E-state index contributed by atoms with van der Waals surface area (Å²) in [5, 5.41) is 0. The van der Waals surface area contributed by atoms with Crippen LogP contribution in [0, 0.1) is 0 Å². The summed E-state index contributed by atoms with van der Waals surface area (Å²) in [6.07, 6.45) is -3.07. The standard InChI is InChI=1S/C22H18F3NO4/c1-13-19(21(28)30-3)18(11-14-7-9-17(29-2)10-8-14)20(27)26(13)16-6-4-5-15(12-16)22(23,24)25/h4-12H,1-3H3/b18-11-. The molecule has 1 aliphatic heterocycles. The van der Waals surface area contributed by atoms with Gasteiger partial charge in [-0.2, -0.15) is 13.2 Å². The molecule has 0 bridgehead atoms. The molecule has 0 fully saturated rings. The summed E-state index contributed by atoms with van der Waals surface area (Å²) >= 11 is 0. The fraction of sp³-hybridized carbons (Fsp3) is 0.182. The van der Waals surface area contributed by atoms with Crippen LogP contribution in [0.25, 0.3) is 6.08 Å². The largest absolute Gasteiger partial charge is 0.497 e. The monoisotopic (exact) mass is 417 g/mol. The SMILES string of the molecule is COC(=O)C1=C(C)N(c2cccc(C(F)(F)F)c2)C(=O)/C1=C\c1ccc(OC)cc1. The Balaban J connectivity index is 2.11. The van der Waals surface area contributed by atoms with E-state index >= 15 is 0 Å². The van der Waals surface area contributed by atoms with E-state index in [-0.39, 0.29) is 22.5 Å². The number of ether oxygens (including phenoxy) is 2. The van der Waals surface area contributed by atoms with E-state index in [2.05, 4.69) is 0 Å². The third-order valence-electron chi connectivity index (χ3n) is 4.65. The zero-order chi connectivity index (χ0) is 22.1. The normalized spacial score (nSPS) is 15.7. The molecule has 2 aromatic carbocycles. The van der Waals surface area contributed by atoms with E-state index in [0.29, 0.717) is 11.3 Å². The number of rotatable bonds is 4. The predicted molar refractivity (Wildman–Crippen MR) is 105 cm³/mol. The molecule has 30 heavy (non-hydrogen) atoms. The molecule has 5 nitrogen and oxygen atoms in total. The minimum atomic E-state index is -4.57. The number of hydrogen-bond acceptors (Lipinski definition) is 4. The zero-order valence-electron chi connectivity index (χ0n) is 16.4. The number of esters is 1. The molecule has 0 unspecified atom stereocenters. The van der Waals surface area contributed by atoms with Crippen molar-refractivity contribution in [1.29, 1.82) is 0 Å². The van der Waals surface area contributed by atoms with Crippen LogP contribution in [0.1, 0.15) is 18.1 Å². The van der Waals surface area contributed by atoms with Gasteiger partial charge in [0.2, 0.25) is 0 Å². The highest BCUT2D eigenvalue weighted by molar-refractivity contribution is 6.23. The third-order valence-corrected chi connectivity index (χ3v) is 4.65. The second-order valence-corrected chi connectivity index (χ2v) is 6.47. The number of benzene rings is 2. The van der Waals surface area contributed by atoms with Crippen LogP contribution in [0.5, 0.6) is 5.75 Å². The van der Waals surface area contributed by atoms with E-state index in [0.717, 1.165) is 17.0 Å². The molecule has 0 spiro atoms. The van der Waals surface area contributed by atoms with Crippen LogP contribution in [0.15, 0.2) is 65.4 Å². The quantitative estimate of drug-likeness (QED) is 0.539. The second-order valence-electron chi connectivity index (χ2n) is 6.47.